The highest BCUT2D eigenvalue weighted by molar-refractivity contribution is 5.33. The van der Waals surface area contributed by atoms with Crippen molar-refractivity contribution in [3.05, 3.63) is 29.3 Å². The molecule has 0 heterocycles. The Morgan fingerprint density at radius 1 is 1.24 bits per heavy atom. The lowest BCUT2D eigenvalue weighted by molar-refractivity contribution is -0.0161. The van der Waals surface area contributed by atoms with Gasteiger partial charge in [-0.3, -0.25) is 0 Å². The van der Waals surface area contributed by atoms with Crippen LogP contribution < -0.4 is 10.1 Å². The molecule has 0 unspecified atom stereocenters. The number of methoxy groups -OCH3 is 1. The van der Waals surface area contributed by atoms with Gasteiger partial charge in [-0.05, 0) is 13.1 Å². The zero-order valence-electron chi connectivity index (χ0n) is 9.49. The molecule has 0 bridgehead atoms. The van der Waals surface area contributed by atoms with Gasteiger partial charge in [0, 0.05) is 19.0 Å². The molecule has 0 spiro atoms. The van der Waals surface area contributed by atoms with Crippen LogP contribution in [0.1, 0.15) is 12.0 Å². The molecule has 96 valence electrons. The normalized spacial score (nSPS) is 11.6. The number of alkyl halides is 2. The first-order valence-electron chi connectivity index (χ1n) is 4.98. The Balaban J connectivity index is 3.09. The maximum Gasteiger partial charge on any atom is 0.277 e. The molecule has 1 N–H and O–H groups in total. The lowest BCUT2D eigenvalue weighted by Gasteiger charge is -2.18. The molecule has 0 fully saturated rings. The van der Waals surface area contributed by atoms with Crippen LogP contribution in [0, 0.1) is 11.6 Å². The third-order valence-corrected chi connectivity index (χ3v) is 2.32. The summed E-state index contributed by atoms with van der Waals surface area (Å²) < 4.78 is 58.2. The monoisotopic (exact) mass is 251 g/mol. The molecule has 0 aliphatic rings. The summed E-state index contributed by atoms with van der Waals surface area (Å²) in [5.74, 6) is -5.99. The maximum absolute atomic E-state index is 13.5. The molecule has 0 aliphatic carbocycles. The number of halogens is 4. The van der Waals surface area contributed by atoms with Crippen LogP contribution in [0.25, 0.3) is 0 Å². The Morgan fingerprint density at radius 3 is 2.41 bits per heavy atom. The molecule has 0 saturated carbocycles. The van der Waals surface area contributed by atoms with Crippen LogP contribution in [0.2, 0.25) is 0 Å². The number of hydrogen-bond donors (Lipinski definition) is 1. The van der Waals surface area contributed by atoms with Crippen molar-refractivity contribution >= 4 is 0 Å². The number of rotatable bonds is 5. The van der Waals surface area contributed by atoms with E-state index in [2.05, 4.69) is 10.1 Å². The van der Waals surface area contributed by atoms with Crippen LogP contribution in [0.5, 0.6) is 5.75 Å². The first-order chi connectivity index (χ1) is 7.92. The van der Waals surface area contributed by atoms with Crippen molar-refractivity contribution in [2.24, 2.45) is 0 Å². The molecule has 6 heteroatoms. The van der Waals surface area contributed by atoms with Gasteiger partial charge in [0.1, 0.15) is 5.82 Å². The van der Waals surface area contributed by atoms with Crippen molar-refractivity contribution in [2.75, 3.05) is 20.7 Å². The summed E-state index contributed by atoms with van der Waals surface area (Å²) in [6.07, 6.45) is -0.605. The molecule has 0 aromatic heterocycles. The second-order valence-electron chi connectivity index (χ2n) is 3.52. The lowest BCUT2D eigenvalue weighted by Crippen LogP contribution is -2.22. The van der Waals surface area contributed by atoms with Crippen LogP contribution in [-0.2, 0) is 5.92 Å². The molecule has 0 saturated heterocycles. The van der Waals surface area contributed by atoms with E-state index < -0.39 is 35.3 Å². The highest BCUT2D eigenvalue weighted by Crippen LogP contribution is 2.35. The molecule has 1 aromatic rings. The first-order valence-corrected chi connectivity index (χ1v) is 4.98. The fourth-order valence-corrected chi connectivity index (χ4v) is 1.38. The fourth-order valence-electron chi connectivity index (χ4n) is 1.38. The average molecular weight is 251 g/mol. The van der Waals surface area contributed by atoms with E-state index in [1.165, 1.54) is 7.05 Å². The van der Waals surface area contributed by atoms with Crippen LogP contribution >= 0.6 is 0 Å². The Bertz CT molecular complexity index is 395. The summed E-state index contributed by atoms with van der Waals surface area (Å²) in [5, 5.41) is 2.53. The van der Waals surface area contributed by atoms with Crippen molar-refractivity contribution in [3.8, 4) is 5.75 Å². The molecule has 1 rings (SSSR count). The van der Waals surface area contributed by atoms with Crippen molar-refractivity contribution in [2.45, 2.75) is 12.3 Å². The van der Waals surface area contributed by atoms with Gasteiger partial charge >= 0.3 is 0 Å². The van der Waals surface area contributed by atoms with Crippen molar-refractivity contribution in [1.29, 1.82) is 0 Å². The molecular weight excluding hydrogens is 238 g/mol. The third kappa shape index (κ3) is 3.09. The molecular formula is C11H13F4NO. The standard InChI is InChI=1S/C11H13F4NO/c1-16-4-3-11(14,15)7-5-9(13)10(17-2)6-8(7)12/h5-6,16H,3-4H2,1-2H3. The Hall–Kier alpha value is -1.30. The number of ether oxygens (including phenoxy) is 1. The zero-order valence-corrected chi connectivity index (χ0v) is 9.49. The van der Waals surface area contributed by atoms with Gasteiger partial charge in [0.2, 0.25) is 0 Å². The smallest absolute Gasteiger partial charge is 0.277 e. The van der Waals surface area contributed by atoms with E-state index in [1.807, 2.05) is 0 Å². The Morgan fingerprint density at radius 2 is 1.88 bits per heavy atom. The number of nitrogens with one attached hydrogen (secondary N) is 1. The van der Waals surface area contributed by atoms with Gasteiger partial charge in [-0.25, -0.2) is 17.6 Å². The van der Waals surface area contributed by atoms with Gasteiger partial charge in [0.05, 0.1) is 12.7 Å². The van der Waals surface area contributed by atoms with E-state index in [0.29, 0.717) is 12.1 Å². The van der Waals surface area contributed by atoms with Crippen LogP contribution in [-0.4, -0.2) is 20.7 Å². The minimum absolute atomic E-state index is 0.0000876. The van der Waals surface area contributed by atoms with Crippen molar-refractivity contribution in [1.82, 2.24) is 5.32 Å². The average Bonchev–Trinajstić information content (AvgIpc) is 2.28. The Kier molecular flexibility index (Phi) is 4.34. The van der Waals surface area contributed by atoms with Crippen LogP contribution in [0.3, 0.4) is 0 Å². The van der Waals surface area contributed by atoms with Crippen molar-refractivity contribution < 1.29 is 22.3 Å². The molecule has 0 aliphatic heterocycles. The van der Waals surface area contributed by atoms with Gasteiger partial charge in [-0.2, -0.15) is 0 Å². The highest BCUT2D eigenvalue weighted by Gasteiger charge is 2.35. The summed E-state index contributed by atoms with van der Waals surface area (Å²) in [7, 11) is 2.64. The number of benzene rings is 1. The van der Waals surface area contributed by atoms with E-state index in [0.717, 1.165) is 7.11 Å². The van der Waals surface area contributed by atoms with E-state index >= 15 is 0 Å². The molecule has 0 atom stereocenters. The first kappa shape index (κ1) is 13.8. The van der Waals surface area contributed by atoms with E-state index in [1.54, 1.807) is 0 Å². The molecule has 0 amide bonds. The Labute approximate surface area is 96.6 Å². The summed E-state index contributed by atoms with van der Waals surface area (Å²) in [4.78, 5) is 0. The minimum Gasteiger partial charge on any atom is -0.494 e. The molecule has 1 aromatic carbocycles. The summed E-state index contributed by atoms with van der Waals surface area (Å²) in [5.41, 5.74) is -0.953. The maximum atomic E-state index is 13.5. The topological polar surface area (TPSA) is 21.3 Å². The predicted molar refractivity (Wildman–Crippen MR) is 55.3 cm³/mol. The van der Waals surface area contributed by atoms with E-state index in [9.17, 15) is 17.6 Å². The van der Waals surface area contributed by atoms with Gasteiger partial charge < -0.3 is 10.1 Å². The molecule has 0 radical (unpaired) electrons. The van der Waals surface area contributed by atoms with Gasteiger partial charge in [-0.15, -0.1) is 0 Å². The second-order valence-corrected chi connectivity index (χ2v) is 3.52. The van der Waals surface area contributed by atoms with Gasteiger partial charge in [0.15, 0.2) is 11.6 Å². The summed E-state index contributed by atoms with van der Waals surface area (Å²) >= 11 is 0. The molecule has 17 heavy (non-hydrogen) atoms. The quantitative estimate of drug-likeness (QED) is 0.812. The van der Waals surface area contributed by atoms with Crippen LogP contribution in [0.15, 0.2) is 12.1 Å². The van der Waals surface area contributed by atoms with Crippen molar-refractivity contribution in [3.63, 3.8) is 0 Å². The molecule has 2 nitrogen and oxygen atoms in total. The second kappa shape index (κ2) is 5.35. The van der Waals surface area contributed by atoms with E-state index in [4.69, 9.17) is 0 Å². The highest BCUT2D eigenvalue weighted by atomic mass is 19.3. The largest absolute Gasteiger partial charge is 0.494 e. The van der Waals surface area contributed by atoms with Gasteiger partial charge in [-0.1, -0.05) is 0 Å². The number of hydrogen-bond acceptors (Lipinski definition) is 2. The predicted octanol–water partition coefficient (Wildman–Crippen LogP) is 2.67. The SMILES string of the molecule is CNCCC(F)(F)c1cc(F)c(OC)cc1F. The van der Waals surface area contributed by atoms with Gasteiger partial charge in [0.25, 0.3) is 5.92 Å². The zero-order chi connectivity index (χ0) is 13.1. The lowest BCUT2D eigenvalue weighted by atomic mass is 10.0. The minimum atomic E-state index is -3.42. The van der Waals surface area contributed by atoms with Crippen LogP contribution in [0.4, 0.5) is 17.6 Å². The summed E-state index contributed by atoms with van der Waals surface area (Å²) in [6, 6.07) is 1.10. The van der Waals surface area contributed by atoms with E-state index in [-0.39, 0.29) is 6.54 Å². The third-order valence-electron chi connectivity index (χ3n) is 2.32. The summed E-state index contributed by atoms with van der Waals surface area (Å²) in [6.45, 7) is 0.0000876. The fraction of sp³-hybridized carbons (Fsp3) is 0.455.